The van der Waals surface area contributed by atoms with Gasteiger partial charge in [-0.3, -0.25) is 0 Å². The summed E-state index contributed by atoms with van der Waals surface area (Å²) in [6, 6.07) is 11.0. The molecular weight excluding hydrogens is 406 g/mol. The maximum atomic E-state index is 12.6. The van der Waals surface area contributed by atoms with Crippen LogP contribution in [0.5, 0.6) is 11.5 Å². The first kappa shape index (κ1) is 19.0. The summed E-state index contributed by atoms with van der Waals surface area (Å²) in [5.74, 6) is -0.533. The second kappa shape index (κ2) is 7.27. The summed E-state index contributed by atoms with van der Waals surface area (Å²) in [5, 5.41) is 9.48. The first-order valence-electron chi connectivity index (χ1n) is 8.83. The first-order chi connectivity index (χ1) is 13.4. The van der Waals surface area contributed by atoms with Crippen molar-refractivity contribution in [3.63, 3.8) is 0 Å². The Kier molecular flexibility index (Phi) is 4.95. The average molecular weight is 424 g/mol. The number of halogens is 1. The maximum Gasteiger partial charge on any atom is 0.361 e. The van der Waals surface area contributed by atoms with Crippen LogP contribution in [0.15, 0.2) is 47.4 Å². The van der Waals surface area contributed by atoms with Crippen LogP contribution in [0.4, 0.5) is 0 Å². The molecule has 0 amide bonds. The molecule has 2 N–H and O–H groups in total. The molecule has 148 valence electrons. The van der Waals surface area contributed by atoms with Gasteiger partial charge in [0.1, 0.15) is 11.0 Å². The lowest BCUT2D eigenvalue weighted by atomic mass is 9.97. The molecule has 4 rings (SSSR count). The van der Waals surface area contributed by atoms with Crippen LogP contribution in [0.2, 0.25) is 5.02 Å². The van der Waals surface area contributed by atoms with E-state index in [2.05, 4.69) is 4.72 Å². The number of benzene rings is 2. The molecule has 3 unspecified atom stereocenters. The maximum absolute atomic E-state index is 12.6. The number of rotatable bonds is 6. The van der Waals surface area contributed by atoms with Gasteiger partial charge in [0.25, 0.3) is 6.23 Å². The molecule has 3 atom stereocenters. The van der Waals surface area contributed by atoms with E-state index in [1.807, 2.05) is 6.07 Å². The summed E-state index contributed by atoms with van der Waals surface area (Å²) in [6.45, 7) is 0. The topological polar surface area (TPSA) is 102 Å². The van der Waals surface area contributed by atoms with Gasteiger partial charge in [0.15, 0.2) is 11.5 Å². The Balaban J connectivity index is 1.60. The molecule has 9 heteroatoms. The number of nitrogens with one attached hydrogen (secondary N) is 1. The monoisotopic (exact) mass is 423 g/mol. The van der Waals surface area contributed by atoms with Crippen molar-refractivity contribution in [2.24, 2.45) is 0 Å². The number of para-hydroxylation sites is 1. The van der Waals surface area contributed by atoms with Gasteiger partial charge in [0.05, 0.1) is 5.02 Å². The molecule has 2 aliphatic rings. The fourth-order valence-corrected chi connectivity index (χ4v) is 5.32. The van der Waals surface area contributed by atoms with Crippen LogP contribution in [0, 0.1) is 0 Å². The number of hydrogen-bond donors (Lipinski definition) is 2. The van der Waals surface area contributed by atoms with Gasteiger partial charge in [-0.15, -0.1) is 0 Å². The number of carbonyl (C=O) groups is 1. The van der Waals surface area contributed by atoms with Crippen molar-refractivity contribution in [1.82, 2.24) is 4.72 Å². The minimum atomic E-state index is -4.21. The normalized spacial score (nSPS) is 21.5. The van der Waals surface area contributed by atoms with E-state index in [4.69, 9.17) is 21.1 Å². The molecule has 0 radical (unpaired) electrons. The Labute approximate surface area is 167 Å². The zero-order chi connectivity index (χ0) is 19.9. The predicted molar refractivity (Wildman–Crippen MR) is 101 cm³/mol. The third-order valence-electron chi connectivity index (χ3n) is 4.99. The third-order valence-corrected chi connectivity index (χ3v) is 6.89. The van der Waals surface area contributed by atoms with E-state index in [0.717, 1.165) is 24.8 Å². The Morgan fingerprint density at radius 1 is 1.21 bits per heavy atom. The molecule has 0 saturated heterocycles. The van der Waals surface area contributed by atoms with E-state index in [1.165, 1.54) is 18.2 Å². The van der Waals surface area contributed by atoms with Crippen LogP contribution < -0.4 is 14.2 Å². The van der Waals surface area contributed by atoms with Crippen molar-refractivity contribution in [3.8, 4) is 11.5 Å². The number of carboxylic acid groups (broad SMARTS) is 1. The number of ether oxygens (including phenoxy) is 2. The minimum absolute atomic E-state index is 0.0177. The Morgan fingerprint density at radius 3 is 2.75 bits per heavy atom. The van der Waals surface area contributed by atoms with Gasteiger partial charge < -0.3 is 14.6 Å². The Bertz CT molecular complexity index is 1020. The highest BCUT2D eigenvalue weighted by Gasteiger charge is 2.40. The Morgan fingerprint density at radius 2 is 2.00 bits per heavy atom. The highest BCUT2D eigenvalue weighted by Crippen LogP contribution is 2.50. The van der Waals surface area contributed by atoms with Crippen molar-refractivity contribution >= 4 is 27.6 Å². The van der Waals surface area contributed by atoms with Gasteiger partial charge in [-0.25, -0.2) is 13.2 Å². The average Bonchev–Trinajstić information content (AvgIpc) is 3.23. The Hall–Kier alpha value is -2.29. The van der Waals surface area contributed by atoms with Crippen molar-refractivity contribution in [1.29, 1.82) is 0 Å². The zero-order valence-corrected chi connectivity index (χ0v) is 16.2. The number of carboxylic acids is 1. The van der Waals surface area contributed by atoms with Gasteiger partial charge in [-0.1, -0.05) is 35.9 Å². The smallest absolute Gasteiger partial charge is 0.361 e. The van der Waals surface area contributed by atoms with Gasteiger partial charge >= 0.3 is 5.97 Å². The largest absolute Gasteiger partial charge is 0.486 e. The number of aliphatic carboxylic acids is 1. The first-order valence-corrected chi connectivity index (χ1v) is 10.7. The summed E-state index contributed by atoms with van der Waals surface area (Å²) < 4.78 is 38.7. The van der Waals surface area contributed by atoms with Gasteiger partial charge in [0, 0.05) is 11.5 Å². The molecule has 1 fully saturated rings. The van der Waals surface area contributed by atoms with Gasteiger partial charge in [-0.2, -0.15) is 4.72 Å². The molecular formula is C19H18ClNO6S. The third kappa shape index (κ3) is 3.43. The van der Waals surface area contributed by atoms with Crippen LogP contribution in [-0.2, 0) is 14.8 Å². The molecule has 1 aliphatic carbocycles. The van der Waals surface area contributed by atoms with Crippen LogP contribution in [0.3, 0.4) is 0 Å². The standard InChI is InChI=1S/C19H18ClNO6S/c20-13-7-1-2-10-16(13)28(24,25)21-18(19(22)23)27-15-9-4-6-12-11-5-3-8-14(11)26-17(12)15/h1-2,4,6-7,9-11,14,18,21H,3,5,8H2,(H,22,23). The molecule has 2 aromatic carbocycles. The fraction of sp³-hybridized carbons (Fsp3) is 0.316. The number of sulfonamides is 1. The van der Waals surface area contributed by atoms with E-state index in [1.54, 1.807) is 18.2 Å². The highest BCUT2D eigenvalue weighted by atomic mass is 35.5. The second-order valence-corrected chi connectivity index (χ2v) is 8.85. The van der Waals surface area contributed by atoms with Crippen LogP contribution in [-0.4, -0.2) is 31.8 Å². The van der Waals surface area contributed by atoms with Crippen LogP contribution in [0.1, 0.15) is 30.7 Å². The van der Waals surface area contributed by atoms with Crippen LogP contribution >= 0.6 is 11.6 Å². The minimum Gasteiger partial charge on any atom is -0.486 e. The van der Waals surface area contributed by atoms with Crippen molar-refractivity contribution in [2.75, 3.05) is 0 Å². The predicted octanol–water partition coefficient (Wildman–Crippen LogP) is 3.14. The summed E-state index contributed by atoms with van der Waals surface area (Å²) in [4.78, 5) is 11.4. The van der Waals surface area contributed by atoms with E-state index in [0.29, 0.717) is 5.75 Å². The van der Waals surface area contributed by atoms with E-state index in [9.17, 15) is 18.3 Å². The molecule has 0 spiro atoms. The number of fused-ring (bicyclic) bond motifs is 3. The lowest BCUT2D eigenvalue weighted by Gasteiger charge is -2.19. The van der Waals surface area contributed by atoms with Gasteiger partial charge in [-0.05, 0) is 37.5 Å². The lowest BCUT2D eigenvalue weighted by molar-refractivity contribution is -0.145. The second-order valence-electron chi connectivity index (χ2n) is 6.76. The molecule has 28 heavy (non-hydrogen) atoms. The van der Waals surface area contributed by atoms with E-state index >= 15 is 0 Å². The molecule has 0 bridgehead atoms. The van der Waals surface area contributed by atoms with Crippen molar-refractivity contribution in [3.05, 3.63) is 53.1 Å². The van der Waals surface area contributed by atoms with Crippen LogP contribution in [0.25, 0.3) is 0 Å². The highest BCUT2D eigenvalue weighted by molar-refractivity contribution is 7.89. The number of hydrogen-bond acceptors (Lipinski definition) is 5. The quantitative estimate of drug-likeness (QED) is 0.692. The summed E-state index contributed by atoms with van der Waals surface area (Å²) in [7, 11) is -4.21. The zero-order valence-electron chi connectivity index (χ0n) is 14.7. The summed E-state index contributed by atoms with van der Waals surface area (Å²) in [5.41, 5.74) is 0.970. The molecule has 7 nitrogen and oxygen atoms in total. The molecule has 1 heterocycles. The summed E-state index contributed by atoms with van der Waals surface area (Å²) >= 11 is 5.94. The van der Waals surface area contributed by atoms with Crippen molar-refractivity contribution < 1.29 is 27.8 Å². The molecule has 1 saturated carbocycles. The van der Waals surface area contributed by atoms with Crippen molar-refractivity contribution in [2.45, 2.75) is 42.4 Å². The fourth-order valence-electron chi connectivity index (χ4n) is 3.74. The SMILES string of the molecule is O=C(O)C(NS(=O)(=O)c1ccccc1Cl)Oc1cccc2c1OC1CCCC21. The van der Waals surface area contributed by atoms with E-state index < -0.39 is 22.2 Å². The summed E-state index contributed by atoms with van der Waals surface area (Å²) in [6.07, 6.45) is 1.23. The van der Waals surface area contributed by atoms with E-state index in [-0.39, 0.29) is 27.7 Å². The molecule has 0 aromatic heterocycles. The molecule has 2 aromatic rings. The molecule has 1 aliphatic heterocycles. The van der Waals surface area contributed by atoms with Gasteiger partial charge in [0.2, 0.25) is 10.0 Å². The lowest BCUT2D eigenvalue weighted by Crippen LogP contribution is -2.44.